The number of likely N-dealkylation sites (tertiary alicyclic amines) is 1. The topological polar surface area (TPSA) is 84.8 Å². The molecule has 2 aliphatic heterocycles. The first kappa shape index (κ1) is 33.4. The van der Waals surface area contributed by atoms with Crippen molar-refractivity contribution in [3.63, 3.8) is 0 Å². The number of piperidine rings is 1. The Morgan fingerprint density at radius 3 is 2.43 bits per heavy atom. The fourth-order valence-electron chi connectivity index (χ4n) is 7.04. The molecule has 1 aromatic heterocycles. The van der Waals surface area contributed by atoms with E-state index in [0.717, 1.165) is 63.9 Å². The van der Waals surface area contributed by atoms with Crippen molar-refractivity contribution >= 4 is 32.1 Å². The van der Waals surface area contributed by atoms with Crippen LogP contribution in [0.25, 0.3) is 10.9 Å². The molecule has 0 atom stereocenters. The summed E-state index contributed by atoms with van der Waals surface area (Å²) in [5.74, 6) is 5.71. The zero-order chi connectivity index (χ0) is 33.2. The zero-order valence-electron chi connectivity index (χ0n) is 26.3. The number of hydrogen-bond acceptors (Lipinski definition) is 7. The highest BCUT2D eigenvalue weighted by atomic mass is 32.2. The smallest absolute Gasteiger partial charge is 0.406 e. The molecule has 254 valence electrons. The van der Waals surface area contributed by atoms with E-state index in [0.29, 0.717) is 28.0 Å². The summed E-state index contributed by atoms with van der Waals surface area (Å²) in [5, 5.41) is 7.24. The van der Waals surface area contributed by atoms with Crippen LogP contribution in [0.1, 0.15) is 44.2 Å². The minimum Gasteiger partial charge on any atom is -0.461 e. The summed E-state index contributed by atoms with van der Waals surface area (Å²) < 4.78 is 89.4. The summed E-state index contributed by atoms with van der Waals surface area (Å²) in [4.78, 5) is 2.60. The molecule has 1 aliphatic carbocycles. The van der Waals surface area contributed by atoms with Crippen LogP contribution in [0.4, 0.5) is 28.9 Å². The molecular formula is C34H40F4N4O4S. The lowest BCUT2D eigenvalue weighted by atomic mass is 9.76. The number of fused-ring (bicyclic) bond motifs is 1. The average molecular weight is 677 g/mol. The standard InChI is InChI=1S/C34H40F4N4O4S/c1-47(43,44)27-11-12-30(32(19-27)46-23-35)39-15-3-4-26-18-28-29(5-2-6-31(28)42(26)20-34(36,37)38)40-24-7-9-25(10-8-24)41-16-13-33(14-17-41)21-45-22-33/h2,5-6,11-12,18-19,24-25,39-40H,7-10,13-17,20-23H2,1H3/t24-,25+. The van der Waals surface area contributed by atoms with Crippen molar-refractivity contribution in [2.75, 3.05) is 56.6 Å². The number of halogens is 4. The van der Waals surface area contributed by atoms with Crippen LogP contribution in [0.3, 0.4) is 0 Å². The molecule has 8 nitrogen and oxygen atoms in total. The second-order valence-electron chi connectivity index (χ2n) is 13.0. The van der Waals surface area contributed by atoms with Gasteiger partial charge in [-0.15, -0.1) is 0 Å². The number of nitrogens with one attached hydrogen (secondary N) is 2. The Balaban J connectivity index is 1.15. The molecule has 2 aromatic carbocycles. The van der Waals surface area contributed by atoms with E-state index in [4.69, 9.17) is 9.47 Å². The van der Waals surface area contributed by atoms with E-state index in [2.05, 4.69) is 27.4 Å². The van der Waals surface area contributed by atoms with Gasteiger partial charge < -0.3 is 29.6 Å². The molecule has 13 heteroatoms. The third-order valence-electron chi connectivity index (χ3n) is 9.71. The molecule has 0 amide bonds. The van der Waals surface area contributed by atoms with Gasteiger partial charge in [0, 0.05) is 40.9 Å². The molecule has 3 heterocycles. The van der Waals surface area contributed by atoms with Gasteiger partial charge in [0.1, 0.15) is 12.3 Å². The van der Waals surface area contributed by atoms with Gasteiger partial charge in [0.25, 0.3) is 0 Å². The molecule has 6 rings (SSSR count). The lowest BCUT2D eigenvalue weighted by molar-refractivity contribution is -0.143. The second kappa shape index (κ2) is 13.6. The molecule has 0 unspecified atom stereocenters. The highest BCUT2D eigenvalue weighted by Crippen LogP contribution is 2.40. The van der Waals surface area contributed by atoms with Crippen LogP contribution in [-0.2, 0) is 21.1 Å². The molecule has 0 radical (unpaired) electrons. The van der Waals surface area contributed by atoms with Crippen molar-refractivity contribution < 1.29 is 35.5 Å². The van der Waals surface area contributed by atoms with Crippen LogP contribution in [0.5, 0.6) is 5.75 Å². The van der Waals surface area contributed by atoms with Crippen LogP contribution in [-0.4, -0.2) is 82.1 Å². The maximum Gasteiger partial charge on any atom is 0.406 e. The first-order valence-corrected chi connectivity index (χ1v) is 17.9. The Hall–Kier alpha value is -3.47. The first-order valence-electron chi connectivity index (χ1n) is 16.0. The Morgan fingerprint density at radius 1 is 1.04 bits per heavy atom. The largest absolute Gasteiger partial charge is 0.461 e. The normalized spacial score (nSPS) is 21.6. The Morgan fingerprint density at radius 2 is 1.79 bits per heavy atom. The van der Waals surface area contributed by atoms with Gasteiger partial charge in [-0.2, -0.15) is 13.2 Å². The minimum atomic E-state index is -4.46. The summed E-state index contributed by atoms with van der Waals surface area (Å²) in [6.07, 6.45) is 3.15. The van der Waals surface area contributed by atoms with E-state index in [9.17, 15) is 26.0 Å². The van der Waals surface area contributed by atoms with Gasteiger partial charge in [-0.1, -0.05) is 12.0 Å². The summed E-state index contributed by atoms with van der Waals surface area (Å²) >= 11 is 0. The highest BCUT2D eigenvalue weighted by molar-refractivity contribution is 7.90. The number of benzene rings is 2. The average Bonchev–Trinajstić information content (AvgIpc) is 3.35. The summed E-state index contributed by atoms with van der Waals surface area (Å²) in [7, 11) is -3.54. The molecule has 3 fully saturated rings. The van der Waals surface area contributed by atoms with E-state index in [1.165, 1.54) is 35.6 Å². The van der Waals surface area contributed by atoms with Gasteiger partial charge in [-0.3, -0.25) is 0 Å². The van der Waals surface area contributed by atoms with E-state index < -0.39 is 29.4 Å². The molecule has 2 N–H and O–H groups in total. The molecule has 3 aromatic rings. The SMILES string of the molecule is CS(=O)(=O)c1ccc(NCC#Cc2cc3c(N[C@H]4CC[C@@H](N5CCC6(CC5)COC6)CC4)cccc3n2CC(F)(F)F)c(OCF)c1. The Bertz CT molecular complexity index is 1740. The van der Waals surface area contributed by atoms with E-state index in [1.807, 2.05) is 6.07 Å². The number of rotatable bonds is 9. The van der Waals surface area contributed by atoms with Gasteiger partial charge in [0.2, 0.25) is 6.86 Å². The fraction of sp³-hybridized carbons (Fsp3) is 0.529. The molecule has 3 aliphatic rings. The summed E-state index contributed by atoms with van der Waals surface area (Å²) in [6.45, 7) is 1.69. The second-order valence-corrected chi connectivity index (χ2v) is 15.0. The fourth-order valence-corrected chi connectivity index (χ4v) is 7.68. The van der Waals surface area contributed by atoms with Gasteiger partial charge in [0.05, 0.1) is 41.6 Å². The molecular weight excluding hydrogens is 636 g/mol. The number of aromatic nitrogens is 1. The van der Waals surface area contributed by atoms with Gasteiger partial charge >= 0.3 is 6.18 Å². The number of ether oxygens (including phenoxy) is 2. The number of alkyl halides is 4. The molecule has 1 saturated carbocycles. The van der Waals surface area contributed by atoms with Crippen molar-refractivity contribution in [1.82, 2.24) is 9.47 Å². The van der Waals surface area contributed by atoms with E-state index >= 15 is 0 Å². The van der Waals surface area contributed by atoms with Crippen LogP contribution < -0.4 is 15.4 Å². The maximum atomic E-state index is 13.7. The number of hydrogen-bond donors (Lipinski definition) is 2. The van der Waals surface area contributed by atoms with Gasteiger partial charge in [-0.05, 0) is 87.9 Å². The summed E-state index contributed by atoms with van der Waals surface area (Å²) in [5.41, 5.74) is 2.16. The lowest BCUT2D eigenvalue weighted by Gasteiger charge is -2.49. The van der Waals surface area contributed by atoms with Crippen LogP contribution in [0.2, 0.25) is 0 Å². The van der Waals surface area contributed by atoms with E-state index in [1.54, 1.807) is 18.2 Å². The number of sulfone groups is 1. The number of anilines is 2. The number of nitrogens with zero attached hydrogens (tertiary/aromatic N) is 2. The van der Waals surface area contributed by atoms with Crippen molar-refractivity contribution in [2.24, 2.45) is 5.41 Å². The van der Waals surface area contributed by atoms with Gasteiger partial charge in [0.15, 0.2) is 9.84 Å². The molecule has 0 bridgehead atoms. The van der Waals surface area contributed by atoms with Crippen LogP contribution in [0.15, 0.2) is 47.4 Å². The lowest BCUT2D eigenvalue weighted by Crippen LogP contribution is -2.53. The minimum absolute atomic E-state index is 0.00542. The zero-order valence-corrected chi connectivity index (χ0v) is 27.2. The Labute approximate surface area is 272 Å². The van der Waals surface area contributed by atoms with Crippen molar-refractivity contribution in [1.29, 1.82) is 0 Å². The monoisotopic (exact) mass is 676 g/mol. The van der Waals surface area contributed by atoms with Crippen LogP contribution in [0, 0.1) is 17.3 Å². The van der Waals surface area contributed by atoms with Crippen LogP contribution >= 0.6 is 0 Å². The molecule has 1 spiro atoms. The highest BCUT2D eigenvalue weighted by Gasteiger charge is 2.42. The quantitative estimate of drug-likeness (QED) is 0.206. The molecule has 47 heavy (non-hydrogen) atoms. The van der Waals surface area contributed by atoms with Gasteiger partial charge in [-0.25, -0.2) is 12.8 Å². The van der Waals surface area contributed by atoms with E-state index in [-0.39, 0.29) is 28.9 Å². The third kappa shape index (κ3) is 7.82. The Kier molecular flexibility index (Phi) is 9.65. The maximum absolute atomic E-state index is 13.7. The first-order chi connectivity index (χ1) is 22.4. The predicted molar refractivity (Wildman–Crippen MR) is 173 cm³/mol. The third-order valence-corrected chi connectivity index (χ3v) is 10.8. The molecule has 2 saturated heterocycles. The predicted octanol–water partition coefficient (Wildman–Crippen LogP) is 6.21. The summed E-state index contributed by atoms with van der Waals surface area (Å²) in [6, 6.07) is 11.8. The van der Waals surface area contributed by atoms with Crippen molar-refractivity contribution in [3.05, 3.63) is 48.2 Å². The van der Waals surface area contributed by atoms with Crippen molar-refractivity contribution in [3.8, 4) is 17.6 Å². The van der Waals surface area contributed by atoms with Crippen molar-refractivity contribution in [2.45, 2.75) is 68.2 Å².